The lowest BCUT2D eigenvalue weighted by atomic mass is 10.1. The van der Waals surface area contributed by atoms with E-state index in [1.807, 2.05) is 6.92 Å². The molecule has 0 saturated carbocycles. The van der Waals surface area contributed by atoms with Crippen molar-refractivity contribution in [3.8, 4) is 0 Å². The van der Waals surface area contributed by atoms with E-state index in [0.717, 1.165) is 5.56 Å². The lowest BCUT2D eigenvalue weighted by Crippen LogP contribution is -2.36. The van der Waals surface area contributed by atoms with Crippen molar-refractivity contribution in [1.29, 1.82) is 0 Å². The molecule has 0 aliphatic heterocycles. The maximum atomic E-state index is 12.3. The molecule has 0 aromatic heterocycles. The summed E-state index contributed by atoms with van der Waals surface area (Å²) < 4.78 is 4.56. The molecule has 0 saturated heterocycles. The van der Waals surface area contributed by atoms with E-state index in [2.05, 4.69) is 4.74 Å². The van der Waals surface area contributed by atoms with Crippen molar-refractivity contribution in [3.05, 3.63) is 34.3 Å². The summed E-state index contributed by atoms with van der Waals surface area (Å²) in [5, 5.41) is 0.498. The number of aryl methyl sites for hydroxylation is 1. The van der Waals surface area contributed by atoms with Gasteiger partial charge in [-0.25, -0.2) is 0 Å². The van der Waals surface area contributed by atoms with Crippen LogP contribution >= 0.6 is 11.6 Å². The SMILES string of the molecule is CCN(CC(=O)OC)C(=O)c1cc(Cl)ccc1C. The summed E-state index contributed by atoms with van der Waals surface area (Å²) in [6.07, 6.45) is 0. The van der Waals surface area contributed by atoms with Crippen LogP contribution in [0.1, 0.15) is 22.8 Å². The van der Waals surface area contributed by atoms with Crippen molar-refractivity contribution in [2.45, 2.75) is 13.8 Å². The Bertz CT molecular complexity index is 460. The molecule has 1 aromatic carbocycles. The molecule has 98 valence electrons. The Morgan fingerprint density at radius 1 is 1.39 bits per heavy atom. The van der Waals surface area contributed by atoms with Gasteiger partial charge in [-0.3, -0.25) is 9.59 Å². The van der Waals surface area contributed by atoms with Crippen molar-refractivity contribution >= 4 is 23.5 Å². The molecule has 0 spiro atoms. The number of carbonyl (C=O) groups excluding carboxylic acids is 2. The first-order chi connectivity index (χ1) is 8.49. The van der Waals surface area contributed by atoms with E-state index in [1.165, 1.54) is 12.0 Å². The van der Waals surface area contributed by atoms with E-state index in [9.17, 15) is 9.59 Å². The number of benzene rings is 1. The van der Waals surface area contributed by atoms with Gasteiger partial charge in [0.15, 0.2) is 0 Å². The first kappa shape index (κ1) is 14.5. The molecule has 0 unspecified atom stereocenters. The summed E-state index contributed by atoms with van der Waals surface area (Å²) in [5.41, 5.74) is 1.33. The Labute approximate surface area is 111 Å². The maximum Gasteiger partial charge on any atom is 0.325 e. The van der Waals surface area contributed by atoms with Crippen LogP contribution in [0.2, 0.25) is 5.02 Å². The molecular weight excluding hydrogens is 254 g/mol. The van der Waals surface area contributed by atoms with Crippen LogP contribution in [0, 0.1) is 6.92 Å². The van der Waals surface area contributed by atoms with Crippen molar-refractivity contribution < 1.29 is 14.3 Å². The van der Waals surface area contributed by atoms with Crippen molar-refractivity contribution in [2.75, 3.05) is 20.2 Å². The summed E-state index contributed by atoms with van der Waals surface area (Å²) in [6, 6.07) is 5.12. The van der Waals surface area contributed by atoms with E-state index in [4.69, 9.17) is 11.6 Å². The molecule has 0 N–H and O–H groups in total. The fraction of sp³-hybridized carbons (Fsp3) is 0.385. The van der Waals surface area contributed by atoms with Crippen molar-refractivity contribution in [2.24, 2.45) is 0 Å². The molecule has 0 aliphatic carbocycles. The van der Waals surface area contributed by atoms with Crippen LogP contribution in [-0.2, 0) is 9.53 Å². The van der Waals surface area contributed by atoms with Gasteiger partial charge in [0.05, 0.1) is 7.11 Å². The van der Waals surface area contributed by atoms with Gasteiger partial charge in [-0.1, -0.05) is 17.7 Å². The summed E-state index contributed by atoms with van der Waals surface area (Å²) in [6.45, 7) is 4.01. The van der Waals surface area contributed by atoms with Gasteiger partial charge in [0.2, 0.25) is 0 Å². The molecule has 0 radical (unpaired) electrons. The number of nitrogens with zero attached hydrogens (tertiary/aromatic N) is 1. The first-order valence-corrected chi connectivity index (χ1v) is 5.99. The molecule has 18 heavy (non-hydrogen) atoms. The molecule has 0 atom stereocenters. The number of likely N-dealkylation sites (N-methyl/N-ethyl adjacent to an activating group) is 1. The summed E-state index contributed by atoms with van der Waals surface area (Å²) in [4.78, 5) is 24.9. The fourth-order valence-corrected chi connectivity index (χ4v) is 1.71. The predicted octanol–water partition coefficient (Wildman–Crippen LogP) is 2.28. The minimum Gasteiger partial charge on any atom is -0.468 e. The van der Waals surface area contributed by atoms with Gasteiger partial charge in [-0.15, -0.1) is 0 Å². The highest BCUT2D eigenvalue weighted by atomic mass is 35.5. The average molecular weight is 270 g/mol. The minimum absolute atomic E-state index is 0.0578. The standard InChI is InChI=1S/C13H16ClNO3/c1-4-15(8-12(16)18-3)13(17)11-7-10(14)6-5-9(11)2/h5-7H,4,8H2,1-3H3. The first-order valence-electron chi connectivity index (χ1n) is 5.61. The van der Waals surface area contributed by atoms with Gasteiger partial charge >= 0.3 is 5.97 Å². The van der Waals surface area contributed by atoms with Crippen LogP contribution < -0.4 is 0 Å². The number of carbonyl (C=O) groups is 2. The number of hydrogen-bond acceptors (Lipinski definition) is 3. The van der Waals surface area contributed by atoms with Crippen LogP contribution in [0.5, 0.6) is 0 Å². The number of hydrogen-bond donors (Lipinski definition) is 0. The lowest BCUT2D eigenvalue weighted by molar-refractivity contribution is -0.141. The largest absolute Gasteiger partial charge is 0.468 e. The number of rotatable bonds is 4. The van der Waals surface area contributed by atoms with Gasteiger partial charge in [-0.05, 0) is 31.5 Å². The molecule has 4 nitrogen and oxygen atoms in total. The number of halogens is 1. The minimum atomic E-state index is -0.440. The molecule has 0 heterocycles. The van der Waals surface area contributed by atoms with Gasteiger partial charge in [0.25, 0.3) is 5.91 Å². The lowest BCUT2D eigenvalue weighted by Gasteiger charge is -2.20. The molecule has 0 aliphatic rings. The molecule has 0 fully saturated rings. The topological polar surface area (TPSA) is 46.6 Å². The van der Waals surface area contributed by atoms with Crippen LogP contribution in [0.15, 0.2) is 18.2 Å². The number of amides is 1. The van der Waals surface area contributed by atoms with Crippen molar-refractivity contribution in [3.63, 3.8) is 0 Å². The summed E-state index contributed by atoms with van der Waals surface area (Å²) >= 11 is 5.88. The smallest absolute Gasteiger partial charge is 0.325 e. The second kappa shape index (κ2) is 6.40. The van der Waals surface area contributed by atoms with Gasteiger partial charge in [0.1, 0.15) is 6.54 Å². The zero-order valence-corrected chi connectivity index (χ0v) is 11.5. The molecule has 1 rings (SSSR count). The zero-order chi connectivity index (χ0) is 13.7. The predicted molar refractivity (Wildman–Crippen MR) is 69.8 cm³/mol. The van der Waals surface area contributed by atoms with Crippen LogP contribution in [0.25, 0.3) is 0 Å². The number of ether oxygens (including phenoxy) is 1. The maximum absolute atomic E-state index is 12.3. The highest BCUT2D eigenvalue weighted by Gasteiger charge is 2.19. The van der Waals surface area contributed by atoms with E-state index >= 15 is 0 Å². The Balaban J connectivity index is 2.96. The molecule has 1 amide bonds. The molecule has 0 bridgehead atoms. The van der Waals surface area contributed by atoms with Gasteiger partial charge < -0.3 is 9.64 Å². The van der Waals surface area contributed by atoms with Crippen molar-refractivity contribution in [1.82, 2.24) is 4.90 Å². The Morgan fingerprint density at radius 3 is 2.61 bits per heavy atom. The Kier molecular flexibility index (Phi) is 5.16. The van der Waals surface area contributed by atoms with E-state index < -0.39 is 5.97 Å². The molecular formula is C13H16ClNO3. The summed E-state index contributed by atoms with van der Waals surface area (Å²) in [5.74, 6) is -0.659. The normalized spacial score (nSPS) is 10.0. The second-order valence-electron chi connectivity index (χ2n) is 3.85. The zero-order valence-electron chi connectivity index (χ0n) is 10.7. The monoisotopic (exact) mass is 269 g/mol. The second-order valence-corrected chi connectivity index (χ2v) is 4.29. The third-order valence-corrected chi connectivity index (χ3v) is 2.88. The Hall–Kier alpha value is -1.55. The van der Waals surface area contributed by atoms with E-state index in [1.54, 1.807) is 25.1 Å². The van der Waals surface area contributed by atoms with E-state index in [0.29, 0.717) is 17.1 Å². The fourth-order valence-electron chi connectivity index (χ4n) is 1.54. The van der Waals surface area contributed by atoms with Crippen LogP contribution in [-0.4, -0.2) is 37.0 Å². The third kappa shape index (κ3) is 3.47. The Morgan fingerprint density at radius 2 is 2.06 bits per heavy atom. The number of methoxy groups -OCH3 is 1. The van der Waals surface area contributed by atoms with Crippen LogP contribution in [0.4, 0.5) is 0 Å². The number of esters is 1. The van der Waals surface area contributed by atoms with E-state index in [-0.39, 0.29) is 12.5 Å². The quantitative estimate of drug-likeness (QED) is 0.788. The highest BCUT2D eigenvalue weighted by molar-refractivity contribution is 6.31. The molecule has 1 aromatic rings. The van der Waals surface area contributed by atoms with Crippen LogP contribution in [0.3, 0.4) is 0 Å². The average Bonchev–Trinajstić information content (AvgIpc) is 2.37. The van der Waals surface area contributed by atoms with Gasteiger partial charge in [0, 0.05) is 17.1 Å². The molecule has 5 heteroatoms. The van der Waals surface area contributed by atoms with Gasteiger partial charge in [-0.2, -0.15) is 0 Å². The highest BCUT2D eigenvalue weighted by Crippen LogP contribution is 2.17. The summed E-state index contributed by atoms with van der Waals surface area (Å²) in [7, 11) is 1.30. The third-order valence-electron chi connectivity index (χ3n) is 2.65.